The van der Waals surface area contributed by atoms with Gasteiger partial charge in [0.1, 0.15) is 0 Å². The van der Waals surface area contributed by atoms with Crippen molar-refractivity contribution in [2.75, 3.05) is 59.0 Å². The Labute approximate surface area is 161 Å². The molecule has 0 amide bonds. The average Bonchev–Trinajstić information content (AvgIpc) is 2.63. The fourth-order valence-electron chi connectivity index (χ4n) is 3.59. The molecule has 1 saturated heterocycles. The molecule has 0 radical (unpaired) electrons. The summed E-state index contributed by atoms with van der Waals surface area (Å²) in [4.78, 5) is 9.86. The minimum absolute atomic E-state index is 0.248. The number of likely N-dealkylation sites (N-methyl/N-ethyl adjacent to an activating group) is 1. The van der Waals surface area contributed by atoms with E-state index in [0.717, 1.165) is 58.1 Å². The number of piperazine rings is 1. The second-order valence-corrected chi connectivity index (χ2v) is 7.93. The summed E-state index contributed by atoms with van der Waals surface area (Å²) in [6, 6.07) is 0.502. The van der Waals surface area contributed by atoms with Crippen LogP contribution < -0.4 is 10.6 Å². The van der Waals surface area contributed by atoms with Crippen molar-refractivity contribution in [2.24, 2.45) is 16.8 Å². The summed E-state index contributed by atoms with van der Waals surface area (Å²) in [6.45, 7) is 19.7. The van der Waals surface area contributed by atoms with E-state index in [1.165, 1.54) is 13.1 Å². The van der Waals surface area contributed by atoms with Crippen molar-refractivity contribution >= 4 is 5.96 Å². The van der Waals surface area contributed by atoms with Gasteiger partial charge in [0.15, 0.2) is 5.96 Å². The molecule has 0 spiro atoms. The molecule has 0 aliphatic carbocycles. The van der Waals surface area contributed by atoms with Gasteiger partial charge in [-0.25, -0.2) is 0 Å². The molecule has 1 rings (SSSR count). The minimum Gasteiger partial charge on any atom is -0.396 e. The third kappa shape index (κ3) is 9.19. The van der Waals surface area contributed by atoms with Gasteiger partial charge in [-0.15, -0.1) is 0 Å². The van der Waals surface area contributed by atoms with Crippen LogP contribution in [0.4, 0.5) is 0 Å². The third-order valence-corrected chi connectivity index (χ3v) is 5.24. The highest BCUT2D eigenvalue weighted by atomic mass is 16.3. The molecular formula is C20H43N5O. The number of aliphatic imine (C=N–C) groups is 1. The van der Waals surface area contributed by atoms with Crippen LogP contribution in [-0.4, -0.2) is 85.9 Å². The molecule has 0 aromatic carbocycles. The molecule has 154 valence electrons. The van der Waals surface area contributed by atoms with Gasteiger partial charge in [0.25, 0.3) is 0 Å². The first-order valence-electron chi connectivity index (χ1n) is 10.6. The van der Waals surface area contributed by atoms with Gasteiger partial charge in [-0.1, -0.05) is 20.8 Å². The number of guanidine groups is 1. The van der Waals surface area contributed by atoms with Gasteiger partial charge in [0, 0.05) is 58.5 Å². The van der Waals surface area contributed by atoms with Crippen molar-refractivity contribution in [1.29, 1.82) is 0 Å². The van der Waals surface area contributed by atoms with E-state index in [-0.39, 0.29) is 6.61 Å². The zero-order valence-electron chi connectivity index (χ0n) is 17.8. The highest BCUT2D eigenvalue weighted by Gasteiger charge is 2.20. The van der Waals surface area contributed by atoms with E-state index in [9.17, 15) is 5.11 Å². The minimum atomic E-state index is 0.248. The highest BCUT2D eigenvalue weighted by molar-refractivity contribution is 5.79. The maximum absolute atomic E-state index is 9.29. The molecule has 0 aromatic heterocycles. The number of hydrogen-bond acceptors (Lipinski definition) is 4. The Kier molecular flexibility index (Phi) is 11.9. The van der Waals surface area contributed by atoms with E-state index in [0.29, 0.717) is 17.9 Å². The molecular weight excluding hydrogens is 326 g/mol. The lowest BCUT2D eigenvalue weighted by molar-refractivity contribution is 0.107. The molecule has 2 unspecified atom stereocenters. The lowest BCUT2D eigenvalue weighted by Gasteiger charge is -2.37. The van der Waals surface area contributed by atoms with Crippen LogP contribution in [-0.2, 0) is 0 Å². The van der Waals surface area contributed by atoms with E-state index in [2.05, 4.69) is 55.1 Å². The van der Waals surface area contributed by atoms with Crippen molar-refractivity contribution in [3.63, 3.8) is 0 Å². The zero-order valence-corrected chi connectivity index (χ0v) is 17.8. The fourth-order valence-corrected chi connectivity index (χ4v) is 3.59. The van der Waals surface area contributed by atoms with Crippen molar-refractivity contribution in [1.82, 2.24) is 20.4 Å². The van der Waals surface area contributed by atoms with Gasteiger partial charge in [-0.3, -0.25) is 9.89 Å². The van der Waals surface area contributed by atoms with Gasteiger partial charge in [0.2, 0.25) is 0 Å². The Morgan fingerprint density at radius 3 is 2.31 bits per heavy atom. The topological polar surface area (TPSA) is 63.1 Å². The molecule has 26 heavy (non-hydrogen) atoms. The first kappa shape index (κ1) is 23.2. The number of rotatable bonds is 11. The Bertz CT molecular complexity index is 380. The first-order valence-corrected chi connectivity index (χ1v) is 10.6. The van der Waals surface area contributed by atoms with Gasteiger partial charge in [0.05, 0.1) is 0 Å². The molecule has 1 aliphatic rings. The van der Waals surface area contributed by atoms with Crippen LogP contribution in [0, 0.1) is 11.8 Å². The first-order chi connectivity index (χ1) is 12.5. The number of nitrogens with one attached hydrogen (secondary N) is 2. The predicted molar refractivity (Wildman–Crippen MR) is 112 cm³/mol. The summed E-state index contributed by atoms with van der Waals surface area (Å²) < 4.78 is 0. The molecule has 3 N–H and O–H groups in total. The SMILES string of the molecule is CCNC(=NCC(CCO)CC(C)C)NCC(C)N1CCN(CC)CC1. The van der Waals surface area contributed by atoms with Gasteiger partial charge in [-0.2, -0.15) is 0 Å². The normalized spacial score (nSPS) is 19.6. The Morgan fingerprint density at radius 2 is 1.77 bits per heavy atom. The molecule has 1 aliphatic heterocycles. The Balaban J connectivity index is 2.47. The number of nitrogens with zero attached hydrogens (tertiary/aromatic N) is 3. The lowest BCUT2D eigenvalue weighted by atomic mass is 9.94. The standard InChI is InChI=1S/C20H43N5O/c1-6-21-20(23-16-19(8-13-26)14-17(3)4)22-15-18(5)25-11-9-24(7-2)10-12-25/h17-19,26H,6-16H2,1-5H3,(H2,21,22,23). The summed E-state index contributed by atoms with van der Waals surface area (Å²) in [6.07, 6.45) is 1.95. The second kappa shape index (κ2) is 13.3. The Hall–Kier alpha value is -0.850. The third-order valence-electron chi connectivity index (χ3n) is 5.24. The molecule has 1 fully saturated rings. The van der Waals surface area contributed by atoms with E-state index in [1.807, 2.05) is 0 Å². The molecule has 6 heteroatoms. The number of hydrogen-bond donors (Lipinski definition) is 3. The van der Waals surface area contributed by atoms with Crippen LogP contribution >= 0.6 is 0 Å². The molecule has 0 aromatic rings. The zero-order chi connectivity index (χ0) is 19.4. The summed E-state index contributed by atoms with van der Waals surface area (Å²) >= 11 is 0. The quantitative estimate of drug-likeness (QED) is 0.381. The Morgan fingerprint density at radius 1 is 1.08 bits per heavy atom. The fraction of sp³-hybridized carbons (Fsp3) is 0.950. The monoisotopic (exact) mass is 369 g/mol. The van der Waals surface area contributed by atoms with Crippen LogP contribution in [0.25, 0.3) is 0 Å². The van der Waals surface area contributed by atoms with Crippen LogP contribution in [0.5, 0.6) is 0 Å². The van der Waals surface area contributed by atoms with Crippen molar-refractivity contribution in [3.05, 3.63) is 0 Å². The molecule has 1 heterocycles. The van der Waals surface area contributed by atoms with Crippen molar-refractivity contribution in [3.8, 4) is 0 Å². The maximum Gasteiger partial charge on any atom is 0.191 e. The average molecular weight is 370 g/mol. The predicted octanol–water partition coefficient (Wildman–Crippen LogP) is 1.61. The smallest absolute Gasteiger partial charge is 0.191 e. The number of aliphatic hydroxyl groups is 1. The van der Waals surface area contributed by atoms with Crippen molar-refractivity contribution in [2.45, 2.75) is 53.5 Å². The van der Waals surface area contributed by atoms with E-state index < -0.39 is 0 Å². The van der Waals surface area contributed by atoms with Crippen LogP contribution in [0.1, 0.15) is 47.5 Å². The van der Waals surface area contributed by atoms with E-state index in [4.69, 9.17) is 4.99 Å². The summed E-state index contributed by atoms with van der Waals surface area (Å²) in [5.74, 6) is 1.99. The van der Waals surface area contributed by atoms with Gasteiger partial charge >= 0.3 is 0 Å². The summed E-state index contributed by atoms with van der Waals surface area (Å²) in [7, 11) is 0. The molecule has 2 atom stereocenters. The summed E-state index contributed by atoms with van der Waals surface area (Å²) in [5.41, 5.74) is 0. The number of aliphatic hydroxyl groups excluding tert-OH is 1. The van der Waals surface area contributed by atoms with E-state index >= 15 is 0 Å². The molecule has 6 nitrogen and oxygen atoms in total. The molecule has 0 bridgehead atoms. The van der Waals surface area contributed by atoms with E-state index in [1.54, 1.807) is 0 Å². The summed E-state index contributed by atoms with van der Waals surface area (Å²) in [5, 5.41) is 16.2. The van der Waals surface area contributed by atoms with Crippen molar-refractivity contribution < 1.29 is 5.11 Å². The lowest BCUT2D eigenvalue weighted by Crippen LogP contribution is -2.53. The highest BCUT2D eigenvalue weighted by Crippen LogP contribution is 2.15. The largest absolute Gasteiger partial charge is 0.396 e. The van der Waals surface area contributed by atoms with Crippen LogP contribution in [0.2, 0.25) is 0 Å². The van der Waals surface area contributed by atoms with Gasteiger partial charge in [-0.05, 0) is 45.1 Å². The van der Waals surface area contributed by atoms with Crippen LogP contribution in [0.15, 0.2) is 4.99 Å². The van der Waals surface area contributed by atoms with Crippen LogP contribution in [0.3, 0.4) is 0 Å². The van der Waals surface area contributed by atoms with Gasteiger partial charge < -0.3 is 20.6 Å². The maximum atomic E-state index is 9.29. The second-order valence-electron chi connectivity index (χ2n) is 7.93. The molecule has 0 saturated carbocycles.